The van der Waals surface area contributed by atoms with Crippen molar-refractivity contribution in [1.29, 1.82) is 0 Å². The number of hydrogen-bond acceptors (Lipinski definition) is 18. The maximum atomic E-state index is 12.5. The molecule has 0 bridgehead atoms. The topological polar surface area (TPSA) is 290 Å². The van der Waals surface area contributed by atoms with Crippen LogP contribution in [0.5, 0.6) is 0 Å². The molecule has 5 heterocycles. The summed E-state index contributed by atoms with van der Waals surface area (Å²) in [6.45, 7) is 5.73. The molecule has 0 aliphatic heterocycles. The number of rotatable bonds is 14. The van der Waals surface area contributed by atoms with Crippen LogP contribution in [0.25, 0.3) is 11.9 Å². The summed E-state index contributed by atoms with van der Waals surface area (Å²) < 4.78 is 15.1. The van der Waals surface area contributed by atoms with Crippen molar-refractivity contribution < 1.29 is 19.1 Å². The fourth-order valence-electron chi connectivity index (χ4n) is 5.15. The van der Waals surface area contributed by atoms with Gasteiger partial charge in [0.15, 0.2) is 34.6 Å². The maximum absolute atomic E-state index is 12.5. The van der Waals surface area contributed by atoms with Crippen molar-refractivity contribution in [3.8, 4) is 11.9 Å². The van der Waals surface area contributed by atoms with Gasteiger partial charge in [-0.1, -0.05) is 26.7 Å². The van der Waals surface area contributed by atoms with E-state index in [1.807, 2.05) is 13.8 Å². The quantitative estimate of drug-likeness (QED) is 0.109. The van der Waals surface area contributed by atoms with E-state index in [1.54, 1.807) is 21.0 Å². The lowest BCUT2D eigenvalue weighted by molar-refractivity contribution is 0.0592. The molecule has 0 aliphatic rings. The van der Waals surface area contributed by atoms with Gasteiger partial charge in [-0.2, -0.15) is 44.7 Å². The van der Waals surface area contributed by atoms with Crippen LogP contribution in [0.4, 0.5) is 40.6 Å². The fraction of sp³-hybridized carbons (Fsp3) is 0.433. The van der Waals surface area contributed by atoms with Gasteiger partial charge in [0.05, 0.1) is 37.5 Å². The predicted molar refractivity (Wildman–Crippen MR) is 187 cm³/mol. The van der Waals surface area contributed by atoms with E-state index in [2.05, 4.69) is 55.8 Å². The summed E-state index contributed by atoms with van der Waals surface area (Å²) in [5.74, 6) is -1.06. The minimum atomic E-state index is -0.622. The third kappa shape index (κ3) is 7.15. The summed E-state index contributed by atoms with van der Waals surface area (Å²) in [6.07, 6.45) is 5.60. The molecule has 22 nitrogen and oxygen atoms in total. The number of nitrogens with two attached hydrogens (primary N) is 3. The highest BCUT2D eigenvalue weighted by Crippen LogP contribution is 2.35. The molecule has 6 N–H and O–H groups in total. The Hall–Kier alpha value is -6.61. The molecule has 0 radical (unpaired) electrons. The molecule has 0 saturated heterocycles. The van der Waals surface area contributed by atoms with Crippen LogP contribution in [0, 0.1) is 6.92 Å². The molecule has 0 amide bonds. The van der Waals surface area contributed by atoms with Gasteiger partial charge < -0.3 is 26.7 Å². The molecule has 0 atom stereocenters. The first-order valence-corrected chi connectivity index (χ1v) is 16.3. The van der Waals surface area contributed by atoms with Gasteiger partial charge in [0.2, 0.25) is 5.95 Å². The van der Waals surface area contributed by atoms with Crippen LogP contribution in [0.3, 0.4) is 0 Å². The molecule has 5 rings (SSSR count). The van der Waals surface area contributed by atoms with Gasteiger partial charge in [0, 0.05) is 14.1 Å². The Balaban J connectivity index is 1.59. The summed E-state index contributed by atoms with van der Waals surface area (Å²) in [5, 5.41) is 35.1. The number of esters is 2. The molecule has 274 valence electrons. The number of hydrogen-bond donors (Lipinski definition) is 3. The summed E-state index contributed by atoms with van der Waals surface area (Å²) in [4.78, 5) is 37.9. The van der Waals surface area contributed by atoms with E-state index in [4.69, 9.17) is 26.7 Å². The molecular formula is C30H40N18O4. The van der Waals surface area contributed by atoms with Gasteiger partial charge in [0.1, 0.15) is 11.1 Å². The van der Waals surface area contributed by atoms with Gasteiger partial charge >= 0.3 is 11.9 Å². The van der Waals surface area contributed by atoms with Gasteiger partial charge in [-0.3, -0.25) is 0 Å². The lowest BCUT2D eigenvalue weighted by Crippen LogP contribution is -2.15. The van der Waals surface area contributed by atoms with E-state index in [-0.39, 0.29) is 63.6 Å². The van der Waals surface area contributed by atoms with Gasteiger partial charge in [-0.05, 0) is 32.6 Å². The number of carbonyl (C=O) groups is 2. The van der Waals surface area contributed by atoms with Crippen molar-refractivity contribution in [3.63, 3.8) is 0 Å². The zero-order valence-electron chi connectivity index (χ0n) is 29.9. The number of nitrogens with zero attached hydrogens (tertiary/aromatic N) is 15. The Kier molecular flexibility index (Phi) is 10.9. The highest BCUT2D eigenvalue weighted by atomic mass is 16.5. The smallest absolute Gasteiger partial charge is 0.343 e. The molecule has 0 aromatic carbocycles. The molecule has 22 heteroatoms. The van der Waals surface area contributed by atoms with Crippen LogP contribution in [0.15, 0.2) is 26.7 Å². The van der Waals surface area contributed by atoms with Crippen LogP contribution in [-0.2, 0) is 36.4 Å². The zero-order chi connectivity index (χ0) is 37.7. The number of aromatic nitrogens is 11. The lowest BCUT2D eigenvalue weighted by Gasteiger charge is -2.07. The normalized spacial score (nSPS) is 11.7. The Morgan fingerprint density at radius 2 is 1.25 bits per heavy atom. The predicted octanol–water partition coefficient (Wildman–Crippen LogP) is 3.85. The first-order valence-electron chi connectivity index (χ1n) is 16.3. The molecule has 52 heavy (non-hydrogen) atoms. The van der Waals surface area contributed by atoms with E-state index in [9.17, 15) is 9.59 Å². The first-order chi connectivity index (χ1) is 24.9. The van der Waals surface area contributed by atoms with Crippen molar-refractivity contribution >= 4 is 52.5 Å². The van der Waals surface area contributed by atoms with Crippen LogP contribution < -0.4 is 17.2 Å². The number of azo groups is 2. The summed E-state index contributed by atoms with van der Waals surface area (Å²) in [5.41, 5.74) is 21.6. The van der Waals surface area contributed by atoms with E-state index < -0.39 is 11.9 Å². The monoisotopic (exact) mass is 716 g/mol. The highest BCUT2D eigenvalue weighted by Gasteiger charge is 2.25. The molecule has 0 unspecified atom stereocenters. The van der Waals surface area contributed by atoms with Gasteiger partial charge in [0.25, 0.3) is 11.9 Å². The largest absolute Gasteiger partial charge is 0.465 e. The van der Waals surface area contributed by atoms with Gasteiger partial charge in [-0.25, -0.2) is 19.0 Å². The van der Waals surface area contributed by atoms with E-state index >= 15 is 0 Å². The minimum absolute atomic E-state index is 0.0448. The van der Waals surface area contributed by atoms with E-state index in [0.717, 1.165) is 25.7 Å². The fourth-order valence-corrected chi connectivity index (χ4v) is 5.15. The Morgan fingerprint density at radius 3 is 1.75 bits per heavy atom. The number of nitrogen functional groups attached to an aromatic ring is 3. The SMILES string of the molecule is CCCCc1nn(-c2nc(N)nc(-n3nc(CCCC)c(N=Nc4c(C(=O)OC)c(C)nn4C)c3N)n2)c(N)c1N=Nc1c(C(=O)OC)cnn1C. The number of methoxy groups -OCH3 is 2. The lowest BCUT2D eigenvalue weighted by atomic mass is 10.2. The number of anilines is 3. The number of unbranched alkanes of at least 4 members (excludes halogenated alkanes) is 2. The third-order valence-corrected chi connectivity index (χ3v) is 7.86. The number of carbonyl (C=O) groups excluding carboxylic acids is 2. The van der Waals surface area contributed by atoms with Crippen molar-refractivity contribution in [2.75, 3.05) is 31.4 Å². The molecule has 0 saturated carbocycles. The Bertz CT molecular complexity index is 2170. The second-order valence-electron chi connectivity index (χ2n) is 11.5. The third-order valence-electron chi connectivity index (χ3n) is 7.86. The zero-order valence-corrected chi connectivity index (χ0v) is 29.9. The van der Waals surface area contributed by atoms with Crippen molar-refractivity contribution in [2.24, 2.45) is 34.6 Å². The van der Waals surface area contributed by atoms with E-state index in [0.29, 0.717) is 29.9 Å². The van der Waals surface area contributed by atoms with Crippen molar-refractivity contribution in [3.05, 3.63) is 34.4 Å². The Labute approximate surface area is 297 Å². The molecule has 5 aromatic heterocycles. The molecule has 0 fully saturated rings. The molecular weight excluding hydrogens is 676 g/mol. The van der Waals surface area contributed by atoms with Crippen LogP contribution in [0.2, 0.25) is 0 Å². The summed E-state index contributed by atoms with van der Waals surface area (Å²) in [7, 11) is 5.78. The van der Waals surface area contributed by atoms with Crippen LogP contribution in [-0.4, -0.2) is 80.2 Å². The van der Waals surface area contributed by atoms with Crippen molar-refractivity contribution in [2.45, 2.75) is 59.3 Å². The van der Waals surface area contributed by atoms with Crippen molar-refractivity contribution in [1.82, 2.24) is 54.1 Å². The maximum Gasteiger partial charge on any atom is 0.343 e. The first kappa shape index (κ1) is 36.7. The van der Waals surface area contributed by atoms with Crippen LogP contribution in [0.1, 0.15) is 77.3 Å². The number of aryl methyl sites for hydroxylation is 5. The summed E-state index contributed by atoms with van der Waals surface area (Å²) >= 11 is 0. The summed E-state index contributed by atoms with van der Waals surface area (Å²) in [6, 6.07) is 0. The van der Waals surface area contributed by atoms with E-state index in [1.165, 1.54) is 39.1 Å². The number of ether oxygens (including phenoxy) is 2. The minimum Gasteiger partial charge on any atom is -0.465 e. The average Bonchev–Trinajstić information content (AvgIpc) is 3.84. The molecule has 0 spiro atoms. The highest BCUT2D eigenvalue weighted by molar-refractivity contribution is 5.95. The average molecular weight is 717 g/mol. The standard InChI is InChI=1S/C30H40N18O4/c1-8-10-12-17-20(38-40-24-16(26(49)51-6)14-34-45(24)4)22(31)47(43-17)29-35-28(33)36-30(37-29)48-23(32)21(18(44-48)13-11-9-2)39-41-25-19(27(50)52-7)15(3)42-46(25)5/h14H,8-13,31-32H2,1-7H3,(H2,33,35,36,37). The van der Waals surface area contributed by atoms with Gasteiger partial charge in [-0.15, -0.1) is 20.5 Å². The second-order valence-corrected chi connectivity index (χ2v) is 11.5. The molecule has 0 aliphatic carbocycles. The molecule has 5 aromatic rings. The Morgan fingerprint density at radius 1 is 0.731 bits per heavy atom. The van der Waals surface area contributed by atoms with Crippen LogP contribution >= 0.6 is 0 Å². The second kappa shape index (κ2) is 15.5.